The van der Waals surface area contributed by atoms with Crippen molar-refractivity contribution in [2.24, 2.45) is 0 Å². The predicted molar refractivity (Wildman–Crippen MR) is 55.7 cm³/mol. The topological polar surface area (TPSA) is 9.23 Å². The Bertz CT molecular complexity index is 188. The quantitative estimate of drug-likeness (QED) is 0.498. The molecular weight excluding hydrogens is 216 g/mol. The molecule has 2 atom stereocenters. The van der Waals surface area contributed by atoms with E-state index in [1.165, 1.54) is 0 Å². The van der Waals surface area contributed by atoms with E-state index >= 15 is 0 Å². The second-order valence-electron chi connectivity index (χ2n) is 4.23. The first kappa shape index (κ1) is 10.3. The van der Waals surface area contributed by atoms with Gasteiger partial charge in [0.15, 0.2) is 0 Å². The van der Waals surface area contributed by atoms with Gasteiger partial charge in [0.05, 0.1) is 11.2 Å². The van der Waals surface area contributed by atoms with Crippen LogP contribution in [0.15, 0.2) is 12.7 Å². The van der Waals surface area contributed by atoms with Crippen LogP contribution in [0.25, 0.3) is 0 Å². The molecule has 0 radical (unpaired) electrons. The summed E-state index contributed by atoms with van der Waals surface area (Å²) in [6.45, 7) is 10.1. The van der Waals surface area contributed by atoms with Crippen LogP contribution in [0.1, 0.15) is 33.6 Å². The molecule has 1 aliphatic rings. The summed E-state index contributed by atoms with van der Waals surface area (Å²) in [5.41, 5.74) is -0.213. The van der Waals surface area contributed by atoms with Gasteiger partial charge in [0.2, 0.25) is 0 Å². The Morgan fingerprint density at radius 3 is 2.50 bits per heavy atom. The summed E-state index contributed by atoms with van der Waals surface area (Å²) in [4.78, 5) is 0.457. The van der Waals surface area contributed by atoms with Gasteiger partial charge in [0.1, 0.15) is 0 Å². The number of hydrogen-bond donors (Lipinski definition) is 0. The van der Waals surface area contributed by atoms with Crippen molar-refractivity contribution in [2.45, 2.75) is 49.6 Å². The molecule has 0 aromatic carbocycles. The van der Waals surface area contributed by atoms with E-state index in [1.807, 2.05) is 6.08 Å². The van der Waals surface area contributed by atoms with Crippen LogP contribution in [0.3, 0.4) is 0 Å². The summed E-state index contributed by atoms with van der Waals surface area (Å²) in [6, 6.07) is 0. The maximum Gasteiger partial charge on any atom is 0.0840 e. The molecule has 70 valence electrons. The highest BCUT2D eigenvalue weighted by Gasteiger charge is 2.40. The Morgan fingerprint density at radius 2 is 2.08 bits per heavy atom. The second-order valence-corrected chi connectivity index (χ2v) is 5.33. The molecule has 1 fully saturated rings. The van der Waals surface area contributed by atoms with Crippen molar-refractivity contribution >= 4 is 15.9 Å². The van der Waals surface area contributed by atoms with Gasteiger partial charge < -0.3 is 4.74 Å². The average Bonchev–Trinajstić information content (AvgIpc) is 1.97. The van der Waals surface area contributed by atoms with Gasteiger partial charge in [-0.25, -0.2) is 0 Å². The Balaban J connectivity index is 2.75. The average molecular weight is 233 g/mol. The van der Waals surface area contributed by atoms with Crippen molar-refractivity contribution in [1.82, 2.24) is 0 Å². The Labute approximate surface area is 83.3 Å². The summed E-state index contributed by atoms with van der Waals surface area (Å²) in [6.07, 6.45) is 4.11. The Kier molecular flexibility index (Phi) is 2.69. The van der Waals surface area contributed by atoms with Gasteiger partial charge >= 0.3 is 0 Å². The summed E-state index contributed by atoms with van der Waals surface area (Å²) >= 11 is 3.63. The van der Waals surface area contributed by atoms with Gasteiger partial charge in [0.25, 0.3) is 0 Å². The molecule has 0 aromatic rings. The largest absolute Gasteiger partial charge is 0.364 e. The third-order valence-corrected chi connectivity index (χ3v) is 4.14. The number of rotatable bonds is 1. The molecule has 0 saturated carbocycles. The fraction of sp³-hybridized carbons (Fsp3) is 0.800. The molecule has 1 heterocycles. The van der Waals surface area contributed by atoms with E-state index in [9.17, 15) is 0 Å². The Morgan fingerprint density at radius 1 is 1.50 bits per heavy atom. The van der Waals surface area contributed by atoms with E-state index in [-0.39, 0.29) is 11.2 Å². The normalized spacial score (nSPS) is 40.8. The smallest absolute Gasteiger partial charge is 0.0840 e. The van der Waals surface area contributed by atoms with Crippen LogP contribution in [0.4, 0.5) is 0 Å². The molecule has 0 aromatic heterocycles. The van der Waals surface area contributed by atoms with E-state index in [4.69, 9.17) is 4.74 Å². The first-order valence-corrected chi connectivity index (χ1v) is 5.29. The first-order valence-electron chi connectivity index (χ1n) is 4.37. The molecule has 0 spiro atoms. The minimum Gasteiger partial charge on any atom is -0.364 e. The molecule has 12 heavy (non-hydrogen) atoms. The van der Waals surface area contributed by atoms with Crippen LogP contribution in [0, 0.1) is 0 Å². The molecule has 0 aliphatic carbocycles. The lowest BCUT2D eigenvalue weighted by Gasteiger charge is -2.44. The molecule has 1 saturated heterocycles. The van der Waals surface area contributed by atoms with Crippen LogP contribution in [0.5, 0.6) is 0 Å². The molecule has 1 aliphatic heterocycles. The molecule has 0 unspecified atom stereocenters. The van der Waals surface area contributed by atoms with E-state index in [0.717, 1.165) is 12.8 Å². The van der Waals surface area contributed by atoms with E-state index in [0.29, 0.717) is 4.83 Å². The third kappa shape index (κ3) is 1.91. The van der Waals surface area contributed by atoms with E-state index in [2.05, 4.69) is 43.3 Å². The molecule has 2 heteroatoms. The van der Waals surface area contributed by atoms with Crippen LogP contribution in [-0.4, -0.2) is 16.0 Å². The maximum atomic E-state index is 5.96. The van der Waals surface area contributed by atoms with Gasteiger partial charge in [-0.3, -0.25) is 0 Å². The van der Waals surface area contributed by atoms with Gasteiger partial charge in [-0.05, 0) is 33.6 Å². The zero-order valence-corrected chi connectivity index (χ0v) is 9.65. The number of ether oxygens (including phenoxy) is 1. The maximum absolute atomic E-state index is 5.96. The molecule has 0 bridgehead atoms. The highest BCUT2D eigenvalue weighted by Crippen LogP contribution is 2.39. The molecular formula is C10H17BrO. The number of alkyl halides is 1. The Hall–Kier alpha value is 0.180. The molecule has 0 N–H and O–H groups in total. The summed E-state index contributed by atoms with van der Waals surface area (Å²) < 4.78 is 5.96. The summed E-state index contributed by atoms with van der Waals surface area (Å²) in [5.74, 6) is 0. The predicted octanol–water partition coefficient (Wildman–Crippen LogP) is 3.28. The van der Waals surface area contributed by atoms with Crippen molar-refractivity contribution in [3.8, 4) is 0 Å². The van der Waals surface area contributed by atoms with Gasteiger partial charge in [-0.1, -0.05) is 22.0 Å². The first-order chi connectivity index (χ1) is 5.40. The van der Waals surface area contributed by atoms with Crippen molar-refractivity contribution in [3.63, 3.8) is 0 Å². The minimum absolute atomic E-state index is 0.0822. The SMILES string of the molecule is C=C[C@]1(C)CC[C@H](Br)C(C)(C)O1. The lowest BCUT2D eigenvalue weighted by Crippen LogP contribution is -2.48. The fourth-order valence-corrected chi connectivity index (χ4v) is 1.94. The van der Waals surface area contributed by atoms with Crippen LogP contribution < -0.4 is 0 Å². The zero-order valence-electron chi connectivity index (χ0n) is 8.06. The fourth-order valence-electron chi connectivity index (χ4n) is 1.62. The van der Waals surface area contributed by atoms with Crippen molar-refractivity contribution < 1.29 is 4.74 Å². The third-order valence-electron chi connectivity index (χ3n) is 2.58. The monoisotopic (exact) mass is 232 g/mol. The van der Waals surface area contributed by atoms with Crippen molar-refractivity contribution in [3.05, 3.63) is 12.7 Å². The van der Waals surface area contributed by atoms with Gasteiger partial charge in [-0.2, -0.15) is 0 Å². The highest BCUT2D eigenvalue weighted by atomic mass is 79.9. The lowest BCUT2D eigenvalue weighted by atomic mass is 9.88. The van der Waals surface area contributed by atoms with Crippen molar-refractivity contribution in [1.29, 1.82) is 0 Å². The number of hydrogen-bond acceptors (Lipinski definition) is 1. The number of halogens is 1. The van der Waals surface area contributed by atoms with Gasteiger partial charge in [-0.15, -0.1) is 6.58 Å². The molecule has 1 nitrogen and oxygen atoms in total. The van der Waals surface area contributed by atoms with Crippen LogP contribution in [0.2, 0.25) is 0 Å². The van der Waals surface area contributed by atoms with Crippen molar-refractivity contribution in [2.75, 3.05) is 0 Å². The minimum atomic E-state index is -0.131. The van der Waals surface area contributed by atoms with Crippen LogP contribution >= 0.6 is 15.9 Å². The molecule has 1 rings (SSSR count). The summed E-state index contributed by atoms with van der Waals surface area (Å²) in [5, 5.41) is 0. The zero-order chi connectivity index (χ0) is 9.41. The standard InChI is InChI=1S/C10H17BrO/c1-5-10(4)7-6-8(11)9(2,3)12-10/h5,8H,1,6-7H2,2-4H3/t8-,10+/m0/s1. The van der Waals surface area contributed by atoms with Gasteiger partial charge in [0, 0.05) is 4.83 Å². The summed E-state index contributed by atoms with van der Waals surface area (Å²) in [7, 11) is 0. The lowest BCUT2D eigenvalue weighted by molar-refractivity contribution is -0.134. The van der Waals surface area contributed by atoms with Crippen LogP contribution in [-0.2, 0) is 4.74 Å². The molecule has 0 amide bonds. The second kappa shape index (κ2) is 3.15. The van der Waals surface area contributed by atoms with E-state index in [1.54, 1.807) is 0 Å². The highest BCUT2D eigenvalue weighted by molar-refractivity contribution is 9.09. The van der Waals surface area contributed by atoms with E-state index < -0.39 is 0 Å².